The number of benzene rings is 1. The van der Waals surface area contributed by atoms with Crippen molar-refractivity contribution in [1.82, 2.24) is 0 Å². The summed E-state index contributed by atoms with van der Waals surface area (Å²) >= 11 is 0. The summed E-state index contributed by atoms with van der Waals surface area (Å²) in [5.74, 6) is -0.226. The molecular formula is C15H22FNO. The summed E-state index contributed by atoms with van der Waals surface area (Å²) in [5, 5.41) is 0. The highest BCUT2D eigenvalue weighted by Crippen LogP contribution is 2.42. The number of aryl methyl sites for hydroxylation is 1. The van der Waals surface area contributed by atoms with E-state index in [4.69, 9.17) is 10.5 Å². The second-order valence-corrected chi connectivity index (χ2v) is 5.18. The van der Waals surface area contributed by atoms with Crippen LogP contribution in [0.4, 0.5) is 4.39 Å². The van der Waals surface area contributed by atoms with E-state index >= 15 is 0 Å². The average molecular weight is 251 g/mol. The van der Waals surface area contributed by atoms with Gasteiger partial charge in [-0.3, -0.25) is 0 Å². The zero-order valence-corrected chi connectivity index (χ0v) is 11.2. The highest BCUT2D eigenvalue weighted by atomic mass is 19.1. The Morgan fingerprint density at radius 2 is 2.06 bits per heavy atom. The highest BCUT2D eigenvalue weighted by molar-refractivity contribution is 5.31. The standard InChI is InChI=1S/C15H22FNO/c1-3-18-15(8-4-5-9-15)14(17)13-10-12(16)7-6-11(13)2/h6-7,10,14H,3-5,8-9,17H2,1-2H3. The summed E-state index contributed by atoms with van der Waals surface area (Å²) in [6, 6.07) is 4.59. The van der Waals surface area contributed by atoms with Gasteiger partial charge in [-0.15, -0.1) is 0 Å². The van der Waals surface area contributed by atoms with E-state index in [1.165, 1.54) is 6.07 Å². The molecule has 1 aromatic rings. The van der Waals surface area contributed by atoms with Crippen LogP contribution in [0.1, 0.15) is 49.8 Å². The van der Waals surface area contributed by atoms with Gasteiger partial charge < -0.3 is 10.5 Å². The van der Waals surface area contributed by atoms with Gasteiger partial charge in [0.15, 0.2) is 0 Å². The molecule has 0 spiro atoms. The van der Waals surface area contributed by atoms with Gasteiger partial charge in [0, 0.05) is 6.61 Å². The van der Waals surface area contributed by atoms with Crippen LogP contribution in [0.25, 0.3) is 0 Å². The summed E-state index contributed by atoms with van der Waals surface area (Å²) in [6.45, 7) is 4.62. The minimum absolute atomic E-state index is 0.226. The molecule has 1 saturated carbocycles. The lowest BCUT2D eigenvalue weighted by Crippen LogP contribution is -2.41. The van der Waals surface area contributed by atoms with Gasteiger partial charge in [0.25, 0.3) is 0 Å². The predicted molar refractivity (Wildman–Crippen MR) is 70.9 cm³/mol. The lowest BCUT2D eigenvalue weighted by molar-refractivity contribution is -0.0538. The van der Waals surface area contributed by atoms with Gasteiger partial charge in [-0.25, -0.2) is 4.39 Å². The Morgan fingerprint density at radius 1 is 1.39 bits per heavy atom. The van der Waals surface area contributed by atoms with Crippen molar-refractivity contribution in [2.24, 2.45) is 5.73 Å². The Labute approximate surface area is 108 Å². The minimum Gasteiger partial charge on any atom is -0.373 e. The topological polar surface area (TPSA) is 35.2 Å². The SMILES string of the molecule is CCOC1(C(N)c2cc(F)ccc2C)CCCC1. The quantitative estimate of drug-likeness (QED) is 0.889. The Kier molecular flexibility index (Phi) is 4.03. The van der Waals surface area contributed by atoms with Crippen molar-refractivity contribution >= 4 is 0 Å². The lowest BCUT2D eigenvalue weighted by Gasteiger charge is -2.36. The van der Waals surface area contributed by atoms with Crippen LogP contribution in [0.3, 0.4) is 0 Å². The number of halogens is 1. The number of ether oxygens (including phenoxy) is 1. The first-order valence-corrected chi connectivity index (χ1v) is 6.74. The van der Waals surface area contributed by atoms with E-state index in [2.05, 4.69) is 0 Å². The maximum absolute atomic E-state index is 13.4. The maximum Gasteiger partial charge on any atom is 0.123 e. The molecule has 0 aliphatic heterocycles. The molecule has 1 aliphatic rings. The molecule has 1 atom stereocenters. The summed E-state index contributed by atoms with van der Waals surface area (Å²) in [4.78, 5) is 0. The first kappa shape index (κ1) is 13.5. The molecule has 18 heavy (non-hydrogen) atoms. The first-order valence-electron chi connectivity index (χ1n) is 6.74. The summed E-state index contributed by atoms with van der Waals surface area (Å²) in [5.41, 5.74) is 8.02. The van der Waals surface area contributed by atoms with Crippen molar-refractivity contribution < 1.29 is 9.13 Å². The molecule has 0 radical (unpaired) electrons. The summed E-state index contributed by atoms with van der Waals surface area (Å²) in [6.07, 6.45) is 4.22. The average Bonchev–Trinajstić information content (AvgIpc) is 2.82. The largest absolute Gasteiger partial charge is 0.373 e. The monoisotopic (exact) mass is 251 g/mol. The Morgan fingerprint density at radius 3 is 2.67 bits per heavy atom. The van der Waals surface area contributed by atoms with Crippen LogP contribution in [0.5, 0.6) is 0 Å². The second kappa shape index (κ2) is 5.37. The van der Waals surface area contributed by atoms with E-state index in [0.29, 0.717) is 6.61 Å². The van der Waals surface area contributed by atoms with Crippen molar-refractivity contribution in [2.75, 3.05) is 6.61 Å². The molecule has 3 heteroatoms. The number of hydrogen-bond donors (Lipinski definition) is 1. The molecule has 100 valence electrons. The van der Waals surface area contributed by atoms with Crippen LogP contribution in [0.15, 0.2) is 18.2 Å². The molecular weight excluding hydrogens is 229 g/mol. The van der Waals surface area contributed by atoms with E-state index in [0.717, 1.165) is 36.8 Å². The van der Waals surface area contributed by atoms with Gasteiger partial charge in [0.05, 0.1) is 11.6 Å². The Hall–Kier alpha value is -0.930. The van der Waals surface area contributed by atoms with Crippen LogP contribution >= 0.6 is 0 Å². The van der Waals surface area contributed by atoms with Crippen molar-refractivity contribution in [3.8, 4) is 0 Å². The molecule has 1 fully saturated rings. The van der Waals surface area contributed by atoms with E-state index in [1.54, 1.807) is 12.1 Å². The highest BCUT2D eigenvalue weighted by Gasteiger charge is 2.41. The molecule has 0 saturated heterocycles. The van der Waals surface area contributed by atoms with Crippen LogP contribution in [-0.4, -0.2) is 12.2 Å². The van der Waals surface area contributed by atoms with Crippen LogP contribution < -0.4 is 5.73 Å². The fraction of sp³-hybridized carbons (Fsp3) is 0.600. The van der Waals surface area contributed by atoms with Crippen LogP contribution in [0, 0.1) is 12.7 Å². The summed E-state index contributed by atoms with van der Waals surface area (Å²) < 4.78 is 19.4. The molecule has 2 rings (SSSR count). The van der Waals surface area contributed by atoms with Crippen molar-refractivity contribution in [1.29, 1.82) is 0 Å². The molecule has 0 aromatic heterocycles. The minimum atomic E-state index is -0.298. The number of rotatable bonds is 4. The van der Waals surface area contributed by atoms with Gasteiger partial charge >= 0.3 is 0 Å². The number of nitrogens with two attached hydrogens (primary N) is 1. The van der Waals surface area contributed by atoms with Gasteiger partial charge in [0.1, 0.15) is 5.82 Å². The van der Waals surface area contributed by atoms with Gasteiger partial charge in [-0.05, 0) is 49.9 Å². The molecule has 1 aliphatic carbocycles. The molecule has 2 nitrogen and oxygen atoms in total. The van der Waals surface area contributed by atoms with Crippen molar-refractivity contribution in [2.45, 2.75) is 51.2 Å². The third-order valence-corrected chi connectivity index (χ3v) is 4.02. The zero-order valence-electron chi connectivity index (χ0n) is 11.2. The molecule has 0 bridgehead atoms. The predicted octanol–water partition coefficient (Wildman–Crippen LogP) is 3.48. The first-order chi connectivity index (χ1) is 8.59. The van der Waals surface area contributed by atoms with E-state index in [1.807, 2.05) is 13.8 Å². The smallest absolute Gasteiger partial charge is 0.123 e. The zero-order chi connectivity index (χ0) is 13.2. The lowest BCUT2D eigenvalue weighted by atomic mass is 9.85. The molecule has 0 heterocycles. The third kappa shape index (κ3) is 2.43. The summed E-state index contributed by atoms with van der Waals surface area (Å²) in [7, 11) is 0. The Bertz CT molecular complexity index is 413. The van der Waals surface area contributed by atoms with Crippen LogP contribution in [-0.2, 0) is 4.74 Å². The van der Waals surface area contributed by atoms with Gasteiger partial charge in [-0.1, -0.05) is 18.9 Å². The van der Waals surface area contributed by atoms with Gasteiger partial charge in [-0.2, -0.15) is 0 Å². The molecule has 1 unspecified atom stereocenters. The van der Waals surface area contributed by atoms with Crippen molar-refractivity contribution in [3.63, 3.8) is 0 Å². The van der Waals surface area contributed by atoms with Crippen LogP contribution in [0.2, 0.25) is 0 Å². The second-order valence-electron chi connectivity index (χ2n) is 5.18. The van der Waals surface area contributed by atoms with E-state index in [9.17, 15) is 4.39 Å². The fourth-order valence-electron chi connectivity index (χ4n) is 3.04. The van der Waals surface area contributed by atoms with Gasteiger partial charge in [0.2, 0.25) is 0 Å². The Balaban J connectivity index is 2.33. The number of hydrogen-bond acceptors (Lipinski definition) is 2. The molecule has 0 amide bonds. The van der Waals surface area contributed by atoms with Crippen molar-refractivity contribution in [3.05, 3.63) is 35.1 Å². The molecule has 2 N–H and O–H groups in total. The van der Waals surface area contributed by atoms with E-state index < -0.39 is 0 Å². The van der Waals surface area contributed by atoms with E-state index in [-0.39, 0.29) is 17.5 Å². The third-order valence-electron chi connectivity index (χ3n) is 4.02. The fourth-order valence-corrected chi connectivity index (χ4v) is 3.04. The normalized spacial score (nSPS) is 20.0. The molecule has 1 aromatic carbocycles. The maximum atomic E-state index is 13.4.